The molecule has 0 fully saturated rings. The summed E-state index contributed by atoms with van der Waals surface area (Å²) in [6.07, 6.45) is 3.17. The molecule has 2 aromatic rings. The number of benzene rings is 2. The number of hydrogen-bond acceptors (Lipinski definition) is 4. The van der Waals surface area contributed by atoms with Crippen LogP contribution in [0, 0.1) is 0 Å². The number of carbonyl (C=O) groups is 1. The molecule has 0 radical (unpaired) electrons. The molecular formula is C19H21ClN2O3. The molecule has 25 heavy (non-hydrogen) atoms. The molecule has 0 aliphatic carbocycles. The predicted molar refractivity (Wildman–Crippen MR) is 103 cm³/mol. The molecule has 0 unspecified atom stereocenters. The Balaban J connectivity index is 2.15. The number of ether oxygens (including phenoxy) is 2. The highest BCUT2D eigenvalue weighted by atomic mass is 35.5. The summed E-state index contributed by atoms with van der Waals surface area (Å²) in [6.45, 7) is 0. The van der Waals surface area contributed by atoms with Crippen molar-refractivity contribution >= 4 is 35.0 Å². The van der Waals surface area contributed by atoms with Gasteiger partial charge in [0.25, 0.3) is 0 Å². The number of rotatable bonds is 6. The summed E-state index contributed by atoms with van der Waals surface area (Å²) in [5, 5.41) is 3.41. The van der Waals surface area contributed by atoms with E-state index in [1.807, 2.05) is 31.1 Å². The minimum Gasteiger partial charge on any atom is -0.493 e. The summed E-state index contributed by atoms with van der Waals surface area (Å²) in [7, 11) is 6.95. The van der Waals surface area contributed by atoms with E-state index in [9.17, 15) is 4.79 Å². The Morgan fingerprint density at radius 2 is 1.80 bits per heavy atom. The summed E-state index contributed by atoms with van der Waals surface area (Å²) < 4.78 is 10.5. The molecular weight excluding hydrogens is 340 g/mol. The molecule has 0 saturated heterocycles. The number of nitrogens with zero attached hydrogens (tertiary/aromatic N) is 1. The van der Waals surface area contributed by atoms with Crippen molar-refractivity contribution in [1.82, 2.24) is 0 Å². The average molecular weight is 361 g/mol. The minimum absolute atomic E-state index is 0.250. The Morgan fingerprint density at radius 1 is 1.08 bits per heavy atom. The van der Waals surface area contributed by atoms with E-state index in [0.717, 1.165) is 11.3 Å². The van der Waals surface area contributed by atoms with Gasteiger partial charge in [-0.2, -0.15) is 0 Å². The minimum atomic E-state index is -0.250. The molecule has 5 nitrogen and oxygen atoms in total. The first kappa shape index (κ1) is 18.7. The predicted octanol–water partition coefficient (Wildman–Crippen LogP) is 4.08. The van der Waals surface area contributed by atoms with Crippen LogP contribution in [-0.2, 0) is 4.79 Å². The van der Waals surface area contributed by atoms with Crippen molar-refractivity contribution in [2.75, 3.05) is 38.5 Å². The van der Waals surface area contributed by atoms with Crippen LogP contribution in [0.4, 0.5) is 11.4 Å². The molecule has 0 saturated carbocycles. The SMILES string of the molecule is COc1ccc(/C=C/C(=O)Nc2cc(Cl)ccc2N(C)C)cc1OC. The zero-order chi connectivity index (χ0) is 18.4. The van der Waals surface area contributed by atoms with E-state index in [-0.39, 0.29) is 5.91 Å². The maximum absolute atomic E-state index is 12.2. The molecule has 0 spiro atoms. The lowest BCUT2D eigenvalue weighted by Crippen LogP contribution is -2.15. The Kier molecular flexibility index (Phi) is 6.31. The number of anilines is 2. The van der Waals surface area contributed by atoms with Crippen LogP contribution in [0.25, 0.3) is 6.08 Å². The van der Waals surface area contributed by atoms with Crippen LogP contribution >= 0.6 is 11.6 Å². The molecule has 132 valence electrons. The van der Waals surface area contributed by atoms with Gasteiger partial charge in [0.05, 0.1) is 25.6 Å². The van der Waals surface area contributed by atoms with Crippen molar-refractivity contribution < 1.29 is 14.3 Å². The zero-order valence-electron chi connectivity index (χ0n) is 14.7. The van der Waals surface area contributed by atoms with Gasteiger partial charge in [0.15, 0.2) is 11.5 Å². The number of methoxy groups -OCH3 is 2. The smallest absolute Gasteiger partial charge is 0.248 e. The van der Waals surface area contributed by atoms with Gasteiger partial charge in [-0.3, -0.25) is 4.79 Å². The van der Waals surface area contributed by atoms with Crippen molar-refractivity contribution in [3.63, 3.8) is 0 Å². The highest BCUT2D eigenvalue weighted by Gasteiger charge is 2.08. The van der Waals surface area contributed by atoms with E-state index in [0.29, 0.717) is 22.2 Å². The third-order valence-electron chi connectivity index (χ3n) is 3.53. The summed E-state index contributed by atoms with van der Waals surface area (Å²) in [4.78, 5) is 14.1. The number of nitrogens with one attached hydrogen (secondary N) is 1. The lowest BCUT2D eigenvalue weighted by atomic mass is 10.2. The summed E-state index contributed by atoms with van der Waals surface area (Å²) in [5.74, 6) is 0.994. The molecule has 0 atom stereocenters. The number of carbonyl (C=O) groups excluding carboxylic acids is 1. The molecule has 0 aliphatic heterocycles. The Hall–Kier alpha value is -2.66. The summed E-state index contributed by atoms with van der Waals surface area (Å²) in [6, 6.07) is 10.8. The first-order valence-corrected chi connectivity index (χ1v) is 8.00. The van der Waals surface area contributed by atoms with Gasteiger partial charge >= 0.3 is 0 Å². The third kappa shape index (κ3) is 4.90. The summed E-state index contributed by atoms with van der Waals surface area (Å²) in [5.41, 5.74) is 2.35. The van der Waals surface area contributed by atoms with Gasteiger partial charge in [0, 0.05) is 25.2 Å². The van der Waals surface area contributed by atoms with Gasteiger partial charge in [-0.05, 0) is 42.0 Å². The lowest BCUT2D eigenvalue weighted by Gasteiger charge is -2.17. The maximum Gasteiger partial charge on any atom is 0.248 e. The molecule has 0 aromatic heterocycles. The first-order valence-electron chi connectivity index (χ1n) is 7.62. The number of hydrogen-bond donors (Lipinski definition) is 1. The van der Waals surface area contributed by atoms with E-state index in [1.165, 1.54) is 6.08 Å². The lowest BCUT2D eigenvalue weighted by molar-refractivity contribution is -0.111. The van der Waals surface area contributed by atoms with Gasteiger partial charge in [-0.25, -0.2) is 0 Å². The molecule has 0 aliphatic rings. The van der Waals surface area contributed by atoms with Crippen LogP contribution in [0.2, 0.25) is 5.02 Å². The van der Waals surface area contributed by atoms with Crippen molar-refractivity contribution in [3.05, 3.63) is 53.1 Å². The second kappa shape index (κ2) is 8.44. The molecule has 1 amide bonds. The Morgan fingerprint density at radius 3 is 2.44 bits per heavy atom. The largest absolute Gasteiger partial charge is 0.493 e. The highest BCUT2D eigenvalue weighted by Crippen LogP contribution is 2.29. The molecule has 2 aromatic carbocycles. The van der Waals surface area contributed by atoms with Crippen molar-refractivity contribution in [2.24, 2.45) is 0 Å². The molecule has 0 bridgehead atoms. The van der Waals surface area contributed by atoms with Gasteiger partial charge in [-0.1, -0.05) is 17.7 Å². The standard InChI is InChI=1S/C19H21ClN2O3/c1-22(2)16-8-7-14(20)12-15(16)21-19(23)10-6-13-5-9-17(24-3)18(11-13)25-4/h5-12H,1-4H3,(H,21,23)/b10-6+. The molecule has 6 heteroatoms. The van der Waals surface area contributed by atoms with Gasteiger partial charge in [0.1, 0.15) is 0 Å². The zero-order valence-corrected chi connectivity index (χ0v) is 15.4. The van der Waals surface area contributed by atoms with E-state index in [1.54, 1.807) is 44.6 Å². The third-order valence-corrected chi connectivity index (χ3v) is 3.77. The van der Waals surface area contributed by atoms with E-state index < -0.39 is 0 Å². The number of halogens is 1. The quantitative estimate of drug-likeness (QED) is 0.789. The number of amides is 1. The van der Waals surface area contributed by atoms with E-state index >= 15 is 0 Å². The fourth-order valence-electron chi connectivity index (χ4n) is 2.30. The average Bonchev–Trinajstić information content (AvgIpc) is 2.59. The Bertz CT molecular complexity index is 788. The van der Waals surface area contributed by atoms with Crippen LogP contribution in [0.1, 0.15) is 5.56 Å². The van der Waals surface area contributed by atoms with Crippen molar-refractivity contribution in [1.29, 1.82) is 0 Å². The van der Waals surface area contributed by atoms with Gasteiger partial charge in [-0.15, -0.1) is 0 Å². The molecule has 0 heterocycles. The van der Waals surface area contributed by atoms with Crippen LogP contribution in [0.5, 0.6) is 11.5 Å². The van der Waals surface area contributed by atoms with Crippen molar-refractivity contribution in [3.8, 4) is 11.5 Å². The van der Waals surface area contributed by atoms with Crippen LogP contribution in [0.3, 0.4) is 0 Å². The fourth-order valence-corrected chi connectivity index (χ4v) is 2.47. The van der Waals surface area contributed by atoms with Crippen LogP contribution in [-0.4, -0.2) is 34.2 Å². The first-order chi connectivity index (χ1) is 11.9. The van der Waals surface area contributed by atoms with Gasteiger partial charge in [0.2, 0.25) is 5.91 Å². The maximum atomic E-state index is 12.2. The van der Waals surface area contributed by atoms with E-state index in [2.05, 4.69) is 5.32 Å². The van der Waals surface area contributed by atoms with Crippen molar-refractivity contribution in [2.45, 2.75) is 0 Å². The molecule has 2 rings (SSSR count). The topological polar surface area (TPSA) is 50.8 Å². The normalized spacial score (nSPS) is 10.6. The second-order valence-electron chi connectivity index (χ2n) is 5.49. The van der Waals surface area contributed by atoms with E-state index in [4.69, 9.17) is 21.1 Å². The Labute approximate surface area is 152 Å². The van der Waals surface area contributed by atoms with Crippen LogP contribution < -0.4 is 19.7 Å². The second-order valence-corrected chi connectivity index (χ2v) is 5.93. The van der Waals surface area contributed by atoms with Crippen LogP contribution in [0.15, 0.2) is 42.5 Å². The highest BCUT2D eigenvalue weighted by molar-refractivity contribution is 6.31. The fraction of sp³-hybridized carbons (Fsp3) is 0.211. The monoisotopic (exact) mass is 360 g/mol. The molecule has 1 N–H and O–H groups in total. The summed E-state index contributed by atoms with van der Waals surface area (Å²) >= 11 is 6.03. The van der Waals surface area contributed by atoms with Gasteiger partial charge < -0.3 is 19.7 Å².